The molecule has 108 valence electrons. The van der Waals surface area contributed by atoms with Crippen molar-refractivity contribution in [1.29, 1.82) is 0 Å². The van der Waals surface area contributed by atoms with E-state index in [1.54, 1.807) is 6.92 Å². The number of hydroxylamine groups is 2. The molecule has 0 atom stereocenters. The van der Waals surface area contributed by atoms with Crippen LogP contribution in [0, 0.1) is 0 Å². The van der Waals surface area contributed by atoms with Crippen LogP contribution in [0.5, 0.6) is 0 Å². The van der Waals surface area contributed by atoms with Crippen molar-refractivity contribution in [1.82, 2.24) is 5.06 Å². The van der Waals surface area contributed by atoms with Crippen molar-refractivity contribution >= 4 is 11.7 Å². The number of carbonyl (C=O) groups is 2. The van der Waals surface area contributed by atoms with Crippen LogP contribution in [0.1, 0.15) is 51.9 Å². The maximum atomic E-state index is 11.8. The molecule has 1 aliphatic heterocycles. The monoisotopic (exact) mass is 275 g/mol. The number of amides is 1. The van der Waals surface area contributed by atoms with E-state index in [0.717, 1.165) is 25.7 Å². The van der Waals surface area contributed by atoms with Crippen LogP contribution >= 0.6 is 0 Å². The molecule has 0 aromatic carbocycles. The molecule has 0 radical (unpaired) electrons. The van der Waals surface area contributed by atoms with E-state index in [-0.39, 0.29) is 11.7 Å². The van der Waals surface area contributed by atoms with Gasteiger partial charge >= 0.3 is 0 Å². The number of carbonyl (C=O) groups excluding carboxylic acids is 2. The first-order valence-corrected chi connectivity index (χ1v) is 6.86. The molecule has 4 heteroatoms. The minimum atomic E-state index is -0.0983. The molecule has 0 N–H and O–H groups in total. The molecule has 0 saturated carbocycles. The molecular formula is C16H21NO3. The van der Waals surface area contributed by atoms with Crippen LogP contribution in [0.3, 0.4) is 0 Å². The fourth-order valence-corrected chi connectivity index (χ4v) is 1.96. The Morgan fingerprint density at radius 3 is 2.60 bits per heavy atom. The molecule has 20 heavy (non-hydrogen) atoms. The van der Waals surface area contributed by atoms with Gasteiger partial charge in [-0.2, -0.15) is 0 Å². The van der Waals surface area contributed by atoms with Crippen LogP contribution in [0.2, 0.25) is 0 Å². The van der Waals surface area contributed by atoms with Crippen LogP contribution in [0.4, 0.5) is 0 Å². The summed E-state index contributed by atoms with van der Waals surface area (Å²) in [6, 6.07) is 0. The average Bonchev–Trinajstić information content (AvgIpc) is 2.43. The van der Waals surface area contributed by atoms with Gasteiger partial charge in [-0.1, -0.05) is 18.9 Å². The van der Waals surface area contributed by atoms with Crippen LogP contribution < -0.4 is 0 Å². The maximum Gasteiger partial charge on any atom is 0.260 e. The number of Topliss-reactive ketones (excluding diaryl/α,β-unsaturated/α-hetero) is 1. The smallest absolute Gasteiger partial charge is 0.260 e. The summed E-state index contributed by atoms with van der Waals surface area (Å²) in [5.41, 5.74) is 6.09. The first kappa shape index (κ1) is 16.0. The van der Waals surface area contributed by atoms with Crippen LogP contribution in [0.15, 0.2) is 36.1 Å². The predicted octanol–water partition coefficient (Wildman–Crippen LogP) is 3.42. The fourth-order valence-electron chi connectivity index (χ4n) is 1.96. The number of allylic oxidation sites excluding steroid dienone is 2. The highest BCUT2D eigenvalue weighted by atomic mass is 16.7. The van der Waals surface area contributed by atoms with Gasteiger partial charge in [-0.3, -0.25) is 4.79 Å². The highest BCUT2D eigenvalue weighted by Gasteiger charge is 2.25. The van der Waals surface area contributed by atoms with Crippen LogP contribution in [0.25, 0.3) is 0 Å². The second kappa shape index (κ2) is 8.21. The maximum absolute atomic E-state index is 11.8. The predicted molar refractivity (Wildman–Crippen MR) is 76.2 cm³/mol. The molecule has 1 heterocycles. The van der Waals surface area contributed by atoms with E-state index in [4.69, 9.17) is 4.84 Å². The van der Waals surface area contributed by atoms with Crippen molar-refractivity contribution in [3.8, 4) is 0 Å². The number of ketones is 1. The zero-order chi connectivity index (χ0) is 15.0. The van der Waals surface area contributed by atoms with E-state index in [0.29, 0.717) is 30.7 Å². The Bertz CT molecular complexity index is 480. The number of unbranched alkanes of at least 4 members (excludes halogenated alkanes) is 1. The quantitative estimate of drug-likeness (QED) is 0.406. The SMILES string of the molecule is C=C=C(CCCCC(C)=O)ON1C(=O)CCCC1=C=C. The molecule has 0 aromatic rings. The Morgan fingerprint density at radius 1 is 1.30 bits per heavy atom. The van der Waals surface area contributed by atoms with Gasteiger partial charge in [0.1, 0.15) is 11.5 Å². The van der Waals surface area contributed by atoms with Crippen molar-refractivity contribution in [3.63, 3.8) is 0 Å². The molecule has 0 bridgehead atoms. The lowest BCUT2D eigenvalue weighted by molar-refractivity contribution is -0.167. The van der Waals surface area contributed by atoms with Gasteiger partial charge in [-0.05, 0) is 32.6 Å². The Hall–Kier alpha value is -2.02. The number of nitrogens with zero attached hydrogens (tertiary/aromatic N) is 1. The highest BCUT2D eigenvalue weighted by molar-refractivity contribution is 5.78. The van der Waals surface area contributed by atoms with Gasteiger partial charge in [0.15, 0.2) is 5.76 Å². The van der Waals surface area contributed by atoms with Gasteiger partial charge in [0, 0.05) is 19.3 Å². The normalized spacial score (nSPS) is 14.6. The summed E-state index contributed by atoms with van der Waals surface area (Å²) in [6.07, 6.45) is 4.73. The number of hydrogen-bond acceptors (Lipinski definition) is 3. The van der Waals surface area contributed by atoms with E-state index in [1.165, 1.54) is 5.06 Å². The summed E-state index contributed by atoms with van der Waals surface area (Å²) in [7, 11) is 0. The molecule has 1 aliphatic rings. The standard InChI is InChI=1S/C16H21NO3/c1-4-14-10-8-12-16(19)17(14)20-15(5-2)11-7-6-9-13(3)18/h1-2,6-12H2,3H3. The van der Waals surface area contributed by atoms with Crippen LogP contribution in [-0.4, -0.2) is 16.8 Å². The summed E-state index contributed by atoms with van der Waals surface area (Å²) < 4.78 is 0. The van der Waals surface area contributed by atoms with Gasteiger partial charge in [-0.15, -0.1) is 10.8 Å². The van der Waals surface area contributed by atoms with Gasteiger partial charge < -0.3 is 9.63 Å². The van der Waals surface area contributed by atoms with E-state index in [9.17, 15) is 9.59 Å². The molecule has 1 rings (SSSR count). The van der Waals surface area contributed by atoms with Gasteiger partial charge in [0.2, 0.25) is 0 Å². The summed E-state index contributed by atoms with van der Waals surface area (Å²) in [4.78, 5) is 28.3. The minimum Gasteiger partial charge on any atom is -0.368 e. The zero-order valence-corrected chi connectivity index (χ0v) is 12.0. The molecule has 4 nitrogen and oxygen atoms in total. The van der Waals surface area contributed by atoms with Crippen LogP contribution in [-0.2, 0) is 14.4 Å². The van der Waals surface area contributed by atoms with E-state index in [2.05, 4.69) is 24.6 Å². The van der Waals surface area contributed by atoms with Crippen molar-refractivity contribution < 1.29 is 14.4 Å². The molecular weight excluding hydrogens is 254 g/mol. The molecule has 1 fully saturated rings. The summed E-state index contributed by atoms with van der Waals surface area (Å²) in [5.74, 6) is 0.591. The van der Waals surface area contributed by atoms with Gasteiger partial charge in [0.05, 0.1) is 0 Å². The molecule has 0 spiro atoms. The number of rotatable bonds is 7. The van der Waals surface area contributed by atoms with E-state index in [1.807, 2.05) is 0 Å². The highest BCUT2D eigenvalue weighted by Crippen LogP contribution is 2.23. The second-order valence-electron chi connectivity index (χ2n) is 4.77. The first-order chi connectivity index (χ1) is 9.58. The number of hydrogen-bond donors (Lipinski definition) is 0. The Balaban J connectivity index is 2.54. The third-order valence-corrected chi connectivity index (χ3v) is 3.06. The Kier molecular flexibility index (Phi) is 6.58. The number of piperidine rings is 1. The topological polar surface area (TPSA) is 46.6 Å². The lowest BCUT2D eigenvalue weighted by Gasteiger charge is -2.27. The second-order valence-corrected chi connectivity index (χ2v) is 4.77. The van der Waals surface area contributed by atoms with Crippen molar-refractivity contribution in [3.05, 3.63) is 36.1 Å². The van der Waals surface area contributed by atoms with E-state index >= 15 is 0 Å². The molecule has 1 amide bonds. The average molecular weight is 275 g/mol. The Morgan fingerprint density at radius 2 is 2.00 bits per heavy atom. The third kappa shape index (κ3) is 4.93. The molecule has 0 unspecified atom stereocenters. The summed E-state index contributed by atoms with van der Waals surface area (Å²) in [5, 5.41) is 1.25. The van der Waals surface area contributed by atoms with Gasteiger partial charge in [-0.25, -0.2) is 0 Å². The molecule has 0 aromatic heterocycles. The van der Waals surface area contributed by atoms with Gasteiger partial charge in [0.25, 0.3) is 5.91 Å². The lowest BCUT2D eigenvalue weighted by Crippen LogP contribution is -2.33. The zero-order valence-electron chi connectivity index (χ0n) is 12.0. The fraction of sp³-hybridized carbons (Fsp3) is 0.500. The van der Waals surface area contributed by atoms with Crippen molar-refractivity contribution in [2.75, 3.05) is 0 Å². The lowest BCUT2D eigenvalue weighted by atomic mass is 10.1. The third-order valence-electron chi connectivity index (χ3n) is 3.06. The molecule has 1 saturated heterocycles. The summed E-state index contributed by atoms with van der Waals surface area (Å²) >= 11 is 0. The van der Waals surface area contributed by atoms with Crippen molar-refractivity contribution in [2.45, 2.75) is 51.9 Å². The minimum absolute atomic E-state index is 0.0983. The van der Waals surface area contributed by atoms with Crippen molar-refractivity contribution in [2.24, 2.45) is 0 Å². The van der Waals surface area contributed by atoms with E-state index < -0.39 is 0 Å². The Labute approximate surface area is 120 Å². The molecule has 0 aliphatic carbocycles. The summed E-state index contributed by atoms with van der Waals surface area (Å²) in [6.45, 7) is 8.73. The first-order valence-electron chi connectivity index (χ1n) is 6.86. The largest absolute Gasteiger partial charge is 0.368 e.